The highest BCUT2D eigenvalue weighted by molar-refractivity contribution is 7.80. The van der Waals surface area contributed by atoms with Crippen molar-refractivity contribution in [3.05, 3.63) is 87.5 Å². The van der Waals surface area contributed by atoms with Crippen molar-refractivity contribution >= 4 is 28.7 Å². The molecule has 0 amide bonds. The van der Waals surface area contributed by atoms with Gasteiger partial charge in [0.1, 0.15) is 12.4 Å². The van der Waals surface area contributed by atoms with E-state index < -0.39 is 4.92 Å². The first-order valence-corrected chi connectivity index (χ1v) is 11.6. The average molecular weight is 494 g/mol. The Labute approximate surface area is 209 Å². The fraction of sp³-hybridized carbons (Fsp3) is 0.269. The Kier molecular flexibility index (Phi) is 7.36. The van der Waals surface area contributed by atoms with Gasteiger partial charge in [0.05, 0.1) is 25.2 Å². The number of nitro benzene ring substituents is 1. The van der Waals surface area contributed by atoms with Crippen LogP contribution in [0.2, 0.25) is 0 Å². The Balaban J connectivity index is 1.62. The molecule has 0 bridgehead atoms. The Bertz CT molecular complexity index is 1210. The fourth-order valence-electron chi connectivity index (χ4n) is 4.12. The number of aryl methyl sites for hydroxylation is 1. The van der Waals surface area contributed by atoms with Gasteiger partial charge in [0, 0.05) is 24.4 Å². The van der Waals surface area contributed by atoms with Crippen molar-refractivity contribution in [3.63, 3.8) is 0 Å². The molecule has 1 heterocycles. The van der Waals surface area contributed by atoms with Gasteiger partial charge in [-0.15, -0.1) is 0 Å². The molecule has 0 radical (unpaired) electrons. The molecule has 9 heteroatoms. The quantitative estimate of drug-likeness (QED) is 0.270. The van der Waals surface area contributed by atoms with Gasteiger partial charge in [0.2, 0.25) is 0 Å². The van der Waals surface area contributed by atoms with E-state index in [9.17, 15) is 10.1 Å². The summed E-state index contributed by atoms with van der Waals surface area (Å²) in [5.41, 5.74) is 4.26. The van der Waals surface area contributed by atoms with Gasteiger partial charge in [-0.2, -0.15) is 0 Å². The zero-order chi connectivity index (χ0) is 24.9. The lowest BCUT2D eigenvalue weighted by Crippen LogP contribution is -2.44. The fourth-order valence-corrected chi connectivity index (χ4v) is 4.46. The third-order valence-electron chi connectivity index (χ3n) is 6.02. The number of thiocarbonyl (C=S) groups is 1. The summed E-state index contributed by atoms with van der Waals surface area (Å²) in [7, 11) is 3.23. The number of rotatable bonds is 7. The lowest BCUT2D eigenvalue weighted by molar-refractivity contribution is -0.384. The topological polar surface area (TPSA) is 86.1 Å². The SMILES string of the molecule is COc1cc2c(cc1OC)C(COc1ccc([N+](=O)[O-])cc1)N(C(=S)Nc1ccc(C)cc1)CC2. The third-order valence-corrected chi connectivity index (χ3v) is 6.36. The molecule has 1 aliphatic heterocycles. The minimum atomic E-state index is -0.433. The number of anilines is 1. The number of methoxy groups -OCH3 is 2. The number of benzene rings is 3. The van der Waals surface area contributed by atoms with Crippen LogP contribution in [0.25, 0.3) is 0 Å². The van der Waals surface area contributed by atoms with Crippen LogP contribution in [0.15, 0.2) is 60.7 Å². The maximum absolute atomic E-state index is 11.0. The van der Waals surface area contributed by atoms with E-state index in [1.165, 1.54) is 17.7 Å². The van der Waals surface area contributed by atoms with Crippen LogP contribution in [0.1, 0.15) is 22.7 Å². The van der Waals surface area contributed by atoms with Crippen molar-refractivity contribution in [1.29, 1.82) is 0 Å². The molecule has 3 aromatic carbocycles. The molecular formula is C26H27N3O5S. The van der Waals surface area contributed by atoms with Crippen molar-refractivity contribution in [2.24, 2.45) is 0 Å². The number of hydrogen-bond donors (Lipinski definition) is 1. The lowest BCUT2D eigenvalue weighted by Gasteiger charge is -2.39. The summed E-state index contributed by atoms with van der Waals surface area (Å²) in [6, 6.07) is 17.9. The number of ether oxygens (including phenoxy) is 3. The number of nitrogens with zero attached hydrogens (tertiary/aromatic N) is 2. The summed E-state index contributed by atoms with van der Waals surface area (Å²) in [5, 5.41) is 14.9. The highest BCUT2D eigenvalue weighted by Gasteiger charge is 2.31. The largest absolute Gasteiger partial charge is 0.493 e. The summed E-state index contributed by atoms with van der Waals surface area (Å²) >= 11 is 5.81. The molecule has 0 aliphatic carbocycles. The molecule has 0 fully saturated rings. The predicted octanol–water partition coefficient (Wildman–Crippen LogP) is 5.30. The summed E-state index contributed by atoms with van der Waals surface area (Å²) < 4.78 is 17.1. The van der Waals surface area contributed by atoms with E-state index in [1.807, 2.05) is 43.3 Å². The van der Waals surface area contributed by atoms with E-state index in [4.69, 9.17) is 26.4 Å². The average Bonchev–Trinajstić information content (AvgIpc) is 2.87. The van der Waals surface area contributed by atoms with Crippen molar-refractivity contribution in [2.45, 2.75) is 19.4 Å². The molecule has 35 heavy (non-hydrogen) atoms. The van der Waals surface area contributed by atoms with E-state index in [1.54, 1.807) is 26.4 Å². The Morgan fingerprint density at radius 3 is 2.37 bits per heavy atom. The van der Waals surface area contributed by atoms with Crippen molar-refractivity contribution < 1.29 is 19.1 Å². The highest BCUT2D eigenvalue weighted by Crippen LogP contribution is 2.38. The molecule has 1 N–H and O–H groups in total. The van der Waals surface area contributed by atoms with Gasteiger partial charge in [0.15, 0.2) is 16.6 Å². The van der Waals surface area contributed by atoms with Gasteiger partial charge in [-0.25, -0.2) is 0 Å². The van der Waals surface area contributed by atoms with Crippen LogP contribution in [0.4, 0.5) is 11.4 Å². The maximum Gasteiger partial charge on any atom is 0.269 e. The molecule has 182 valence electrons. The Morgan fingerprint density at radius 2 is 1.74 bits per heavy atom. The molecule has 0 aromatic heterocycles. The number of non-ortho nitro benzene ring substituents is 1. The zero-order valence-corrected chi connectivity index (χ0v) is 20.6. The normalized spacial score (nSPS) is 14.6. The van der Waals surface area contributed by atoms with Crippen molar-refractivity contribution in [1.82, 2.24) is 4.90 Å². The van der Waals surface area contributed by atoms with Crippen LogP contribution in [-0.4, -0.2) is 42.3 Å². The van der Waals surface area contributed by atoms with Gasteiger partial charge in [-0.1, -0.05) is 17.7 Å². The van der Waals surface area contributed by atoms with E-state index in [2.05, 4.69) is 10.2 Å². The summed E-state index contributed by atoms with van der Waals surface area (Å²) in [5.74, 6) is 1.85. The number of fused-ring (bicyclic) bond motifs is 1. The molecule has 1 atom stereocenters. The van der Waals surface area contributed by atoms with Crippen LogP contribution >= 0.6 is 12.2 Å². The minimum absolute atomic E-state index is 0.0160. The second-order valence-corrected chi connectivity index (χ2v) is 8.61. The summed E-state index contributed by atoms with van der Waals surface area (Å²) in [4.78, 5) is 12.6. The van der Waals surface area contributed by atoms with Gasteiger partial charge < -0.3 is 24.4 Å². The highest BCUT2D eigenvalue weighted by atomic mass is 32.1. The molecule has 8 nitrogen and oxygen atoms in total. The second kappa shape index (κ2) is 10.6. The number of nitro groups is 1. The smallest absolute Gasteiger partial charge is 0.269 e. The van der Waals surface area contributed by atoms with Gasteiger partial charge in [0.25, 0.3) is 5.69 Å². The third kappa shape index (κ3) is 5.46. The Hall–Kier alpha value is -3.85. The molecule has 4 rings (SSSR count). The molecular weight excluding hydrogens is 466 g/mol. The standard InChI is InChI=1S/C26H27N3O5S/c1-17-4-6-19(7-5-17)27-26(35)28-13-12-18-14-24(32-2)25(33-3)15-22(18)23(28)16-34-21-10-8-20(9-11-21)29(30)31/h4-11,14-15,23H,12-13,16H2,1-3H3,(H,27,35). The van der Waals surface area contributed by atoms with E-state index >= 15 is 0 Å². The first-order chi connectivity index (χ1) is 16.9. The van der Waals surface area contributed by atoms with Crippen molar-refractivity contribution in [3.8, 4) is 17.2 Å². The van der Waals surface area contributed by atoms with E-state index in [0.29, 0.717) is 28.9 Å². The van der Waals surface area contributed by atoms with Crippen LogP contribution in [0.3, 0.4) is 0 Å². The molecule has 3 aromatic rings. The molecule has 1 aliphatic rings. The summed E-state index contributed by atoms with van der Waals surface area (Å²) in [6.07, 6.45) is 0.777. The Morgan fingerprint density at radius 1 is 1.09 bits per heavy atom. The lowest BCUT2D eigenvalue weighted by atomic mass is 9.92. The predicted molar refractivity (Wildman–Crippen MR) is 139 cm³/mol. The first-order valence-electron chi connectivity index (χ1n) is 11.2. The molecule has 0 spiro atoms. The van der Waals surface area contributed by atoms with Crippen LogP contribution < -0.4 is 19.5 Å². The molecule has 0 saturated heterocycles. The number of hydrogen-bond acceptors (Lipinski definition) is 6. The van der Waals surface area contributed by atoms with Gasteiger partial charge >= 0.3 is 0 Å². The van der Waals surface area contributed by atoms with Gasteiger partial charge in [-0.3, -0.25) is 10.1 Å². The van der Waals surface area contributed by atoms with Crippen LogP contribution in [0.5, 0.6) is 17.2 Å². The van der Waals surface area contributed by atoms with Crippen LogP contribution in [0, 0.1) is 17.0 Å². The monoisotopic (exact) mass is 493 g/mol. The van der Waals surface area contributed by atoms with Crippen molar-refractivity contribution in [2.75, 3.05) is 32.7 Å². The minimum Gasteiger partial charge on any atom is -0.493 e. The zero-order valence-electron chi connectivity index (χ0n) is 19.8. The maximum atomic E-state index is 11.0. The van der Waals surface area contributed by atoms with Crippen LogP contribution in [-0.2, 0) is 6.42 Å². The number of nitrogens with one attached hydrogen (secondary N) is 1. The molecule has 1 unspecified atom stereocenters. The van der Waals surface area contributed by atoms with E-state index in [-0.39, 0.29) is 18.3 Å². The summed E-state index contributed by atoms with van der Waals surface area (Å²) in [6.45, 7) is 3.02. The molecule has 0 saturated carbocycles. The van der Waals surface area contributed by atoms with Gasteiger partial charge in [-0.05, 0) is 73.1 Å². The second-order valence-electron chi connectivity index (χ2n) is 8.22. The first kappa shape index (κ1) is 24.3. The van der Waals surface area contributed by atoms with E-state index in [0.717, 1.165) is 23.2 Å².